The zero-order chi connectivity index (χ0) is 18.6. The second-order valence-electron chi connectivity index (χ2n) is 6.33. The van der Waals surface area contributed by atoms with Gasteiger partial charge in [0, 0.05) is 6.54 Å². The molecule has 1 atom stereocenters. The van der Waals surface area contributed by atoms with E-state index in [0.29, 0.717) is 29.4 Å². The number of hydrogen-bond acceptors (Lipinski definition) is 6. The van der Waals surface area contributed by atoms with Crippen LogP contribution in [0.3, 0.4) is 0 Å². The van der Waals surface area contributed by atoms with E-state index in [9.17, 15) is 9.59 Å². The first-order valence-corrected chi connectivity index (χ1v) is 10.6. The molecule has 1 aliphatic rings. The van der Waals surface area contributed by atoms with Crippen molar-refractivity contribution in [1.29, 1.82) is 0 Å². The number of piperidine rings is 1. The summed E-state index contributed by atoms with van der Waals surface area (Å²) in [7, 11) is 0. The Balaban J connectivity index is 1.40. The van der Waals surface area contributed by atoms with Crippen LogP contribution in [-0.4, -0.2) is 34.3 Å². The summed E-state index contributed by atoms with van der Waals surface area (Å²) in [5.74, 6) is 0.355. The van der Waals surface area contributed by atoms with E-state index in [1.807, 2.05) is 29.0 Å². The van der Waals surface area contributed by atoms with Crippen molar-refractivity contribution in [3.8, 4) is 10.8 Å². The molecular formula is C19H19N3O3S2. The number of rotatable bonds is 5. The number of likely N-dealkylation sites (tertiary alicyclic amines) is 1. The van der Waals surface area contributed by atoms with Crippen molar-refractivity contribution in [2.45, 2.75) is 31.8 Å². The molecule has 1 fully saturated rings. The second kappa shape index (κ2) is 8.06. The van der Waals surface area contributed by atoms with Crippen LogP contribution in [0.4, 0.5) is 0 Å². The van der Waals surface area contributed by atoms with Crippen LogP contribution < -0.4 is 5.32 Å². The van der Waals surface area contributed by atoms with E-state index in [1.54, 1.807) is 28.6 Å². The molecule has 1 saturated heterocycles. The molecule has 0 saturated carbocycles. The number of nitrogens with one attached hydrogen (secondary N) is 1. The molecule has 140 valence electrons. The van der Waals surface area contributed by atoms with Crippen molar-refractivity contribution < 1.29 is 14.0 Å². The lowest BCUT2D eigenvalue weighted by Crippen LogP contribution is -2.51. The van der Waals surface area contributed by atoms with Gasteiger partial charge in [-0.3, -0.25) is 9.59 Å². The number of carbonyl (C=O) groups is 2. The molecule has 0 radical (unpaired) electrons. The molecule has 3 aromatic heterocycles. The Hall–Kier alpha value is -2.45. The van der Waals surface area contributed by atoms with Gasteiger partial charge in [0.15, 0.2) is 0 Å². The number of amides is 2. The molecule has 0 bridgehead atoms. The summed E-state index contributed by atoms with van der Waals surface area (Å²) in [6.07, 6.45) is 4.11. The molecule has 8 heteroatoms. The largest absolute Gasteiger partial charge is 0.443 e. The summed E-state index contributed by atoms with van der Waals surface area (Å²) < 4.78 is 5.48. The van der Waals surface area contributed by atoms with Gasteiger partial charge in [0.2, 0.25) is 11.8 Å². The molecule has 4 rings (SSSR count). The van der Waals surface area contributed by atoms with Crippen LogP contribution in [0.1, 0.15) is 34.6 Å². The molecule has 6 nitrogen and oxygen atoms in total. The highest BCUT2D eigenvalue weighted by Crippen LogP contribution is 2.24. The Kier molecular flexibility index (Phi) is 5.35. The molecule has 0 aromatic carbocycles. The maximum Gasteiger partial charge on any atom is 0.264 e. The van der Waals surface area contributed by atoms with E-state index in [0.717, 1.165) is 17.7 Å². The smallest absolute Gasteiger partial charge is 0.264 e. The Morgan fingerprint density at radius 3 is 2.85 bits per heavy atom. The van der Waals surface area contributed by atoms with Crippen molar-refractivity contribution in [3.05, 3.63) is 51.9 Å². The number of oxazole rings is 1. The first-order chi connectivity index (χ1) is 13.2. The number of aromatic nitrogens is 1. The van der Waals surface area contributed by atoms with Crippen LogP contribution in [0.25, 0.3) is 10.8 Å². The lowest BCUT2D eigenvalue weighted by atomic mass is 10.0. The first-order valence-electron chi connectivity index (χ1n) is 8.83. The van der Waals surface area contributed by atoms with Gasteiger partial charge in [0.1, 0.15) is 12.3 Å². The zero-order valence-electron chi connectivity index (χ0n) is 14.6. The van der Waals surface area contributed by atoms with E-state index in [2.05, 4.69) is 10.3 Å². The van der Waals surface area contributed by atoms with Crippen LogP contribution >= 0.6 is 22.7 Å². The Bertz CT molecular complexity index is 903. The van der Waals surface area contributed by atoms with Gasteiger partial charge < -0.3 is 14.6 Å². The third-order valence-corrected chi connectivity index (χ3v) is 6.24. The summed E-state index contributed by atoms with van der Waals surface area (Å²) in [5.41, 5.74) is 0.665. The molecule has 1 N–H and O–H groups in total. The third kappa shape index (κ3) is 3.96. The Labute approximate surface area is 164 Å². The van der Waals surface area contributed by atoms with Crippen LogP contribution in [0.15, 0.2) is 45.7 Å². The quantitative estimate of drug-likeness (QED) is 0.706. The molecule has 1 aliphatic heterocycles. The molecular weight excluding hydrogens is 382 g/mol. The van der Waals surface area contributed by atoms with Gasteiger partial charge in [-0.2, -0.15) is 0 Å². The average molecular weight is 402 g/mol. The number of nitrogens with zero attached hydrogens (tertiary/aromatic N) is 2. The van der Waals surface area contributed by atoms with E-state index in [4.69, 9.17) is 4.42 Å². The Morgan fingerprint density at radius 2 is 2.07 bits per heavy atom. The fraction of sp³-hybridized carbons (Fsp3) is 0.316. The highest BCUT2D eigenvalue weighted by Gasteiger charge is 2.32. The molecule has 3 aromatic rings. The van der Waals surface area contributed by atoms with Gasteiger partial charge in [-0.25, -0.2) is 4.98 Å². The average Bonchev–Trinajstić information content (AvgIpc) is 3.47. The van der Waals surface area contributed by atoms with Crippen molar-refractivity contribution in [2.24, 2.45) is 0 Å². The van der Waals surface area contributed by atoms with E-state index in [-0.39, 0.29) is 18.4 Å². The predicted molar refractivity (Wildman–Crippen MR) is 105 cm³/mol. The number of carbonyl (C=O) groups excluding carboxylic acids is 2. The lowest BCUT2D eigenvalue weighted by Gasteiger charge is -2.34. The summed E-state index contributed by atoms with van der Waals surface area (Å²) >= 11 is 2.96. The van der Waals surface area contributed by atoms with Crippen molar-refractivity contribution in [3.63, 3.8) is 0 Å². The summed E-state index contributed by atoms with van der Waals surface area (Å²) in [4.78, 5) is 33.2. The van der Waals surface area contributed by atoms with E-state index in [1.165, 1.54) is 11.3 Å². The van der Waals surface area contributed by atoms with Gasteiger partial charge in [-0.1, -0.05) is 12.1 Å². The summed E-state index contributed by atoms with van der Waals surface area (Å²) in [6, 6.07) is 7.10. The fourth-order valence-corrected chi connectivity index (χ4v) is 4.52. The number of hydrogen-bond donors (Lipinski definition) is 1. The second-order valence-corrected chi connectivity index (χ2v) is 8.22. The minimum absolute atomic E-state index is 0.0636. The molecule has 0 aliphatic carbocycles. The summed E-state index contributed by atoms with van der Waals surface area (Å²) in [6.45, 7) is 0.895. The monoisotopic (exact) mass is 401 g/mol. The van der Waals surface area contributed by atoms with E-state index >= 15 is 0 Å². The van der Waals surface area contributed by atoms with Crippen LogP contribution in [-0.2, 0) is 11.3 Å². The normalized spacial score (nSPS) is 17.0. The van der Waals surface area contributed by atoms with Crippen molar-refractivity contribution >= 4 is 34.5 Å². The lowest BCUT2D eigenvalue weighted by molar-refractivity contribution is -0.126. The highest BCUT2D eigenvalue weighted by atomic mass is 32.1. The fourth-order valence-electron chi connectivity index (χ4n) is 3.19. The van der Waals surface area contributed by atoms with Crippen LogP contribution in [0.5, 0.6) is 0 Å². The SMILES string of the molecule is O=C(NCc1coc(-c2cccs2)n1)C1CCCCN1C(=O)c1cccs1. The number of thiophene rings is 2. The zero-order valence-corrected chi connectivity index (χ0v) is 16.2. The van der Waals surface area contributed by atoms with Gasteiger partial charge in [-0.05, 0) is 42.2 Å². The van der Waals surface area contributed by atoms with Crippen molar-refractivity contribution in [2.75, 3.05) is 6.54 Å². The van der Waals surface area contributed by atoms with Crippen LogP contribution in [0.2, 0.25) is 0 Å². The Morgan fingerprint density at radius 1 is 1.22 bits per heavy atom. The predicted octanol–water partition coefficient (Wildman–Crippen LogP) is 3.78. The molecule has 27 heavy (non-hydrogen) atoms. The van der Waals surface area contributed by atoms with Gasteiger partial charge in [-0.15, -0.1) is 22.7 Å². The van der Waals surface area contributed by atoms with Crippen LogP contribution in [0, 0.1) is 0 Å². The molecule has 2 amide bonds. The minimum atomic E-state index is -0.433. The third-order valence-electron chi connectivity index (χ3n) is 4.53. The molecule has 1 unspecified atom stereocenters. The topological polar surface area (TPSA) is 75.4 Å². The molecule has 4 heterocycles. The van der Waals surface area contributed by atoms with E-state index < -0.39 is 6.04 Å². The maximum absolute atomic E-state index is 12.7. The first kappa shape index (κ1) is 17.9. The summed E-state index contributed by atoms with van der Waals surface area (Å²) in [5, 5.41) is 6.75. The highest BCUT2D eigenvalue weighted by molar-refractivity contribution is 7.13. The van der Waals surface area contributed by atoms with Gasteiger partial charge >= 0.3 is 0 Å². The molecule has 0 spiro atoms. The van der Waals surface area contributed by atoms with Gasteiger partial charge in [0.05, 0.1) is 22.0 Å². The van der Waals surface area contributed by atoms with Gasteiger partial charge in [0.25, 0.3) is 5.91 Å². The maximum atomic E-state index is 12.7. The minimum Gasteiger partial charge on any atom is -0.443 e. The standard InChI is InChI=1S/C19H19N3O3S2/c23-17(20-11-13-12-25-18(21-13)15-6-3-9-26-15)14-5-1-2-8-22(14)19(24)16-7-4-10-27-16/h3-4,6-7,9-10,12,14H,1-2,5,8,11H2,(H,20,23). The van der Waals surface area contributed by atoms with Crippen molar-refractivity contribution in [1.82, 2.24) is 15.2 Å².